The number of aliphatic imine (C=N–C) groups is 2. The van der Waals surface area contributed by atoms with Crippen molar-refractivity contribution in [2.24, 2.45) is 9.98 Å². The Kier molecular flexibility index (Phi) is 22.1. The maximum Gasteiger partial charge on any atom is 0.147 e. The van der Waals surface area contributed by atoms with Crippen molar-refractivity contribution >= 4 is 81.0 Å². The van der Waals surface area contributed by atoms with Gasteiger partial charge < -0.3 is 42.6 Å². The van der Waals surface area contributed by atoms with Crippen molar-refractivity contribution in [3.05, 3.63) is 155 Å². The van der Waals surface area contributed by atoms with Crippen molar-refractivity contribution in [3.63, 3.8) is 0 Å². The molecule has 15 heteroatoms. The lowest BCUT2D eigenvalue weighted by Gasteiger charge is -2.28. The lowest BCUT2D eigenvalue weighted by molar-refractivity contribution is 0.00450. The number of fused-ring (bicyclic) bond motifs is 4. The van der Waals surface area contributed by atoms with Gasteiger partial charge in [0, 0.05) is 23.6 Å². The second-order valence-electron chi connectivity index (χ2n) is 26.7. The van der Waals surface area contributed by atoms with Crippen LogP contribution in [0.5, 0.6) is 34.5 Å². The number of methoxy groups -OCH3 is 2. The van der Waals surface area contributed by atoms with Gasteiger partial charge in [-0.3, -0.25) is 9.98 Å². The SMILES string of the molecule is COc1ccc2ccccc2c1C=NCCOc1c2cc(C(C)(C)C)cc1Sc1cc(C(C)(C)C)cc3c1OCCOCCOCCOCCOc1c(cc(C(C)(C)C)cc1Sc1cc(C(C)(C)C)cc(c1OCCN=Cc1c(OC)ccc4ccccc14)S3)S2. The minimum atomic E-state index is -0.263. The molecule has 8 aromatic rings. The van der Waals surface area contributed by atoms with Crippen molar-refractivity contribution in [1.29, 1.82) is 0 Å². The van der Waals surface area contributed by atoms with Crippen LogP contribution < -0.4 is 28.4 Å². The van der Waals surface area contributed by atoms with Gasteiger partial charge in [0.25, 0.3) is 0 Å². The summed E-state index contributed by atoms with van der Waals surface area (Å²) in [6.07, 6.45) is 3.84. The standard InChI is InChI=1S/C76H88N2O9S4/c1-73(2,3)51-39-61-69(84-29-27-77-47-57-55-21-17-15-19-49(55)23-25-59(57)79-13)62(40-51)89-66-44-54(76(10,11)12)46-68-72(66)87-38-36-83-34-32-81-31-33-82-35-37-86-71-65(88-61)43-53(75(7,8)9)45-67(71)90-63-41-52(74(4,5)6)42-64(91-68)70(63)85-30-28-78-48-58-56-22-18-16-20-50(56)24-26-60(58)80-14/h15-26,39-48H,27-38H2,1-14H3. The number of ether oxygens (including phenoxy) is 9. The third-order valence-electron chi connectivity index (χ3n) is 15.8. The van der Waals surface area contributed by atoms with Crippen LogP contribution >= 0.6 is 47.0 Å². The molecule has 0 fully saturated rings. The zero-order valence-corrected chi connectivity index (χ0v) is 58.7. The maximum atomic E-state index is 7.27. The molecule has 0 radical (unpaired) electrons. The van der Waals surface area contributed by atoms with Crippen LogP contribution in [0.1, 0.15) is 116 Å². The Morgan fingerprint density at radius 3 is 0.989 bits per heavy atom. The van der Waals surface area contributed by atoms with E-state index < -0.39 is 0 Å². The molecule has 0 atom stereocenters. The van der Waals surface area contributed by atoms with Crippen LogP contribution in [0.15, 0.2) is 170 Å². The first kappa shape index (κ1) is 67.6. The van der Waals surface area contributed by atoms with E-state index in [4.69, 9.17) is 52.6 Å². The Bertz CT molecular complexity index is 3580. The zero-order chi connectivity index (χ0) is 64.5. The van der Waals surface area contributed by atoms with Crippen molar-refractivity contribution in [3.8, 4) is 34.5 Å². The maximum absolute atomic E-state index is 7.27. The summed E-state index contributed by atoms with van der Waals surface area (Å²) in [4.78, 5) is 17.6. The summed E-state index contributed by atoms with van der Waals surface area (Å²) < 4.78 is 59.0. The van der Waals surface area contributed by atoms with Gasteiger partial charge >= 0.3 is 0 Å². The first-order chi connectivity index (χ1) is 43.6. The van der Waals surface area contributed by atoms with Gasteiger partial charge in [-0.2, -0.15) is 0 Å². The van der Waals surface area contributed by atoms with E-state index in [1.54, 1.807) is 61.3 Å². The summed E-state index contributed by atoms with van der Waals surface area (Å²) in [7, 11) is 3.41. The highest BCUT2D eigenvalue weighted by molar-refractivity contribution is 8.01. The normalized spacial score (nSPS) is 15.0. The summed E-state index contributed by atoms with van der Waals surface area (Å²) in [5, 5.41) is 4.38. The van der Waals surface area contributed by atoms with Gasteiger partial charge in [-0.25, -0.2) is 0 Å². The van der Waals surface area contributed by atoms with Gasteiger partial charge in [-0.15, -0.1) is 0 Å². The van der Waals surface area contributed by atoms with E-state index in [2.05, 4.69) is 180 Å². The fraction of sp³-hybridized carbons (Fsp3) is 0.395. The number of hydrogen-bond acceptors (Lipinski definition) is 15. The largest absolute Gasteiger partial charge is 0.496 e. The third kappa shape index (κ3) is 16.9. The molecule has 2 heterocycles. The highest BCUT2D eigenvalue weighted by atomic mass is 32.2. The summed E-state index contributed by atoms with van der Waals surface area (Å²) in [6.45, 7) is 31.6. The van der Waals surface area contributed by atoms with E-state index in [1.807, 2.05) is 36.7 Å². The molecule has 11 nitrogen and oxygen atoms in total. The van der Waals surface area contributed by atoms with Crippen LogP contribution in [-0.2, 0) is 35.9 Å². The van der Waals surface area contributed by atoms with Crippen molar-refractivity contribution in [1.82, 2.24) is 0 Å². The van der Waals surface area contributed by atoms with Gasteiger partial charge in [0.1, 0.15) is 60.9 Å². The predicted octanol–water partition coefficient (Wildman–Crippen LogP) is 18.9. The van der Waals surface area contributed by atoms with E-state index in [-0.39, 0.29) is 21.7 Å². The smallest absolute Gasteiger partial charge is 0.147 e. The lowest BCUT2D eigenvalue weighted by Crippen LogP contribution is -2.16. The van der Waals surface area contributed by atoms with E-state index >= 15 is 0 Å². The molecule has 10 rings (SSSR count). The zero-order valence-electron chi connectivity index (χ0n) is 55.4. The van der Waals surface area contributed by atoms with Gasteiger partial charge in [0.2, 0.25) is 0 Å². The van der Waals surface area contributed by atoms with Crippen LogP contribution in [0.2, 0.25) is 0 Å². The Morgan fingerprint density at radius 2 is 0.681 bits per heavy atom. The van der Waals surface area contributed by atoms with Crippen molar-refractivity contribution in [2.45, 2.75) is 144 Å². The summed E-state index contributed by atoms with van der Waals surface area (Å²) >= 11 is 6.69. The average Bonchev–Trinajstić information content (AvgIpc) is 0.922. The van der Waals surface area contributed by atoms with Gasteiger partial charge in [-0.05, 0) is 126 Å². The molecule has 480 valence electrons. The van der Waals surface area contributed by atoms with Crippen LogP contribution in [0.25, 0.3) is 21.5 Å². The third-order valence-corrected chi connectivity index (χ3v) is 20.0. The van der Waals surface area contributed by atoms with Crippen LogP contribution in [0.4, 0.5) is 0 Å². The Labute approximate surface area is 556 Å². The van der Waals surface area contributed by atoms with E-state index in [0.29, 0.717) is 79.2 Å². The first-order valence-electron chi connectivity index (χ1n) is 31.4. The van der Waals surface area contributed by atoms with Gasteiger partial charge in [0.15, 0.2) is 0 Å². The molecule has 2 aliphatic rings. The Balaban J connectivity index is 1.19. The molecule has 2 aliphatic heterocycles. The van der Waals surface area contributed by atoms with Crippen LogP contribution in [0, 0.1) is 0 Å². The first-order valence-corrected chi connectivity index (χ1v) is 34.6. The molecule has 0 aromatic heterocycles. The molecule has 0 spiro atoms. The Morgan fingerprint density at radius 1 is 0.385 bits per heavy atom. The topological polar surface area (TPSA) is 108 Å². The molecule has 0 saturated heterocycles. The lowest BCUT2D eigenvalue weighted by atomic mass is 9.87. The molecular weight excluding hydrogens is 1210 g/mol. The second kappa shape index (κ2) is 29.8. The average molecular weight is 1300 g/mol. The summed E-state index contributed by atoms with van der Waals surface area (Å²) in [5.41, 5.74) is 5.45. The van der Waals surface area contributed by atoms with E-state index in [1.165, 1.54) is 0 Å². The highest BCUT2D eigenvalue weighted by Gasteiger charge is 2.31. The van der Waals surface area contributed by atoms with Crippen LogP contribution in [-0.4, -0.2) is 106 Å². The molecule has 0 N–H and O–H groups in total. The molecule has 0 amide bonds. The van der Waals surface area contributed by atoms with E-state index in [0.717, 1.165) is 129 Å². The number of nitrogens with zero attached hydrogens (tertiary/aromatic N) is 2. The van der Waals surface area contributed by atoms with Crippen molar-refractivity contribution in [2.75, 3.05) is 93.4 Å². The molecule has 10 bridgehead atoms. The molecule has 0 saturated carbocycles. The van der Waals surface area contributed by atoms with Gasteiger partial charge in [-0.1, -0.05) is 191 Å². The summed E-state index contributed by atoms with van der Waals surface area (Å²) in [6, 6.07) is 43.3. The monoisotopic (exact) mass is 1300 g/mol. The molecule has 91 heavy (non-hydrogen) atoms. The molecule has 0 unspecified atom stereocenters. The number of rotatable bonds is 12. The fourth-order valence-corrected chi connectivity index (χ4v) is 15.3. The minimum Gasteiger partial charge on any atom is -0.496 e. The summed E-state index contributed by atoms with van der Waals surface area (Å²) in [5.74, 6) is 4.52. The minimum absolute atomic E-state index is 0.256. The van der Waals surface area contributed by atoms with E-state index in [9.17, 15) is 0 Å². The van der Waals surface area contributed by atoms with Crippen LogP contribution in [0.3, 0.4) is 0 Å². The number of hydrogen-bond donors (Lipinski definition) is 0. The van der Waals surface area contributed by atoms with Gasteiger partial charge in [0.05, 0.1) is 106 Å². The predicted molar refractivity (Wildman–Crippen MR) is 377 cm³/mol. The molecular formula is C76H88N2O9S4. The highest BCUT2D eigenvalue weighted by Crippen LogP contribution is 2.56. The second-order valence-corrected chi connectivity index (χ2v) is 31.1. The Hall–Kier alpha value is -6.30. The molecule has 8 aromatic carbocycles. The fourth-order valence-electron chi connectivity index (χ4n) is 10.5. The molecule has 0 aliphatic carbocycles. The van der Waals surface area contributed by atoms with Crippen molar-refractivity contribution < 1.29 is 42.6 Å². The quantitative estimate of drug-likeness (QED) is 0.0856. The number of benzene rings is 8.